The molecule has 2 fully saturated rings. The summed E-state index contributed by atoms with van der Waals surface area (Å²) in [5.41, 5.74) is 1.89. The minimum atomic E-state index is -0.137. The number of amides is 1. The molecule has 0 aromatic heterocycles. The molecule has 2 aromatic carbocycles. The number of carbonyl (C=O) groups excluding carboxylic acids is 1. The normalized spacial score (nSPS) is 23.6. The van der Waals surface area contributed by atoms with Crippen LogP contribution in [0.15, 0.2) is 48.5 Å². The second-order valence-electron chi connectivity index (χ2n) is 6.20. The Balaban J connectivity index is 1.83. The van der Waals surface area contributed by atoms with Crippen molar-refractivity contribution >= 4 is 23.2 Å². The van der Waals surface area contributed by atoms with Crippen LogP contribution in [0.3, 0.4) is 0 Å². The maximum atomic E-state index is 13.1. The van der Waals surface area contributed by atoms with Crippen molar-refractivity contribution in [2.24, 2.45) is 0 Å². The number of hydrogen-bond acceptors (Lipinski definition) is 3. The summed E-state index contributed by atoms with van der Waals surface area (Å²) >= 11 is 6.02. The molecule has 2 atom stereocenters. The molecule has 124 valence electrons. The van der Waals surface area contributed by atoms with Crippen LogP contribution in [0.5, 0.6) is 5.75 Å². The van der Waals surface area contributed by atoms with Gasteiger partial charge in [0.15, 0.2) is 0 Å². The SMILES string of the molecule is COc1ccccc1[C@H]1N(c2ccc(Cl)cc2)C(=O)[C@@H]2CCCN21. The molecule has 1 amide bonds. The molecule has 4 rings (SSSR count). The van der Waals surface area contributed by atoms with Crippen LogP contribution in [0.2, 0.25) is 5.02 Å². The van der Waals surface area contributed by atoms with Crippen molar-refractivity contribution in [2.45, 2.75) is 25.0 Å². The first kappa shape index (κ1) is 15.5. The summed E-state index contributed by atoms with van der Waals surface area (Å²) in [4.78, 5) is 17.2. The van der Waals surface area contributed by atoms with Crippen LogP contribution in [0.25, 0.3) is 0 Å². The van der Waals surface area contributed by atoms with Gasteiger partial charge in [0.2, 0.25) is 5.91 Å². The number of carbonyl (C=O) groups is 1. The van der Waals surface area contributed by atoms with Gasteiger partial charge in [-0.15, -0.1) is 0 Å². The lowest BCUT2D eigenvalue weighted by atomic mass is 10.1. The van der Waals surface area contributed by atoms with Crippen molar-refractivity contribution in [2.75, 3.05) is 18.6 Å². The zero-order valence-corrected chi connectivity index (χ0v) is 14.2. The van der Waals surface area contributed by atoms with Crippen LogP contribution in [-0.4, -0.2) is 30.5 Å². The number of ether oxygens (including phenoxy) is 1. The van der Waals surface area contributed by atoms with Gasteiger partial charge >= 0.3 is 0 Å². The summed E-state index contributed by atoms with van der Waals surface area (Å²) in [6.07, 6.45) is 1.83. The molecule has 0 bridgehead atoms. The summed E-state index contributed by atoms with van der Waals surface area (Å²) in [7, 11) is 1.67. The second kappa shape index (κ2) is 6.11. The van der Waals surface area contributed by atoms with Crippen molar-refractivity contribution in [1.82, 2.24) is 4.90 Å². The first-order valence-electron chi connectivity index (χ1n) is 8.18. The number of anilines is 1. The van der Waals surface area contributed by atoms with Crippen molar-refractivity contribution in [3.8, 4) is 5.75 Å². The fourth-order valence-electron chi connectivity index (χ4n) is 3.84. The predicted molar refractivity (Wildman–Crippen MR) is 94.4 cm³/mol. The number of para-hydroxylation sites is 1. The number of benzene rings is 2. The van der Waals surface area contributed by atoms with Crippen LogP contribution < -0.4 is 9.64 Å². The highest BCUT2D eigenvalue weighted by atomic mass is 35.5. The van der Waals surface area contributed by atoms with Crippen molar-refractivity contribution in [3.63, 3.8) is 0 Å². The molecular weight excluding hydrogens is 324 g/mol. The molecular formula is C19H19ClN2O2. The third kappa shape index (κ3) is 2.38. The monoisotopic (exact) mass is 342 g/mol. The van der Waals surface area contributed by atoms with Gasteiger partial charge in [0.1, 0.15) is 11.9 Å². The van der Waals surface area contributed by atoms with Gasteiger partial charge in [-0.25, -0.2) is 0 Å². The largest absolute Gasteiger partial charge is 0.496 e. The molecule has 5 heteroatoms. The standard InChI is InChI=1S/C19H19ClN2O2/c1-24-17-7-3-2-5-15(17)18-21-12-4-6-16(21)19(23)22(18)14-10-8-13(20)9-11-14/h2-3,5,7-11,16,18H,4,6,12H2,1H3/t16-,18+/m0/s1. The summed E-state index contributed by atoms with van der Waals surface area (Å²) in [5, 5.41) is 0.666. The lowest BCUT2D eigenvalue weighted by Gasteiger charge is -2.30. The number of nitrogens with zero attached hydrogens (tertiary/aromatic N) is 2. The molecule has 2 aliphatic heterocycles. The second-order valence-corrected chi connectivity index (χ2v) is 6.63. The number of halogens is 1. The summed E-state index contributed by atoms with van der Waals surface area (Å²) in [6.45, 7) is 0.920. The topological polar surface area (TPSA) is 32.8 Å². The number of rotatable bonds is 3. The highest BCUT2D eigenvalue weighted by Gasteiger charge is 2.50. The minimum absolute atomic E-state index is 0.0457. The van der Waals surface area contributed by atoms with Gasteiger partial charge in [0, 0.05) is 22.8 Å². The van der Waals surface area contributed by atoms with Crippen molar-refractivity contribution in [1.29, 1.82) is 0 Å². The first-order valence-corrected chi connectivity index (χ1v) is 8.56. The van der Waals surface area contributed by atoms with Gasteiger partial charge in [-0.3, -0.25) is 14.6 Å². The van der Waals surface area contributed by atoms with Gasteiger partial charge < -0.3 is 4.74 Å². The molecule has 0 unspecified atom stereocenters. The lowest BCUT2D eigenvalue weighted by Crippen LogP contribution is -2.32. The Morgan fingerprint density at radius 2 is 1.88 bits per heavy atom. The van der Waals surface area contributed by atoms with Crippen LogP contribution in [0.4, 0.5) is 5.69 Å². The van der Waals surface area contributed by atoms with Gasteiger partial charge in [-0.1, -0.05) is 29.8 Å². The van der Waals surface area contributed by atoms with E-state index in [0.29, 0.717) is 5.02 Å². The Hall–Kier alpha value is -2.04. The molecule has 0 saturated carbocycles. The highest BCUT2D eigenvalue weighted by Crippen LogP contribution is 2.44. The van der Waals surface area contributed by atoms with E-state index in [1.54, 1.807) is 7.11 Å². The van der Waals surface area contributed by atoms with Gasteiger partial charge in [0.25, 0.3) is 0 Å². The Morgan fingerprint density at radius 3 is 2.62 bits per heavy atom. The van der Waals surface area contributed by atoms with Gasteiger partial charge in [0.05, 0.1) is 13.2 Å². The average Bonchev–Trinajstić information content (AvgIpc) is 3.18. The molecule has 0 spiro atoms. The third-order valence-electron chi connectivity index (χ3n) is 4.90. The van der Waals surface area contributed by atoms with Crippen LogP contribution in [-0.2, 0) is 4.79 Å². The summed E-state index contributed by atoms with van der Waals surface area (Å²) in [5.74, 6) is 0.965. The summed E-state index contributed by atoms with van der Waals surface area (Å²) < 4.78 is 5.56. The maximum absolute atomic E-state index is 13.1. The van der Waals surface area contributed by atoms with Crippen molar-refractivity contribution in [3.05, 3.63) is 59.1 Å². The van der Waals surface area contributed by atoms with Crippen LogP contribution >= 0.6 is 11.6 Å². The van der Waals surface area contributed by atoms with E-state index in [2.05, 4.69) is 4.90 Å². The van der Waals surface area contributed by atoms with E-state index in [4.69, 9.17) is 16.3 Å². The quantitative estimate of drug-likeness (QED) is 0.849. The summed E-state index contributed by atoms with van der Waals surface area (Å²) in [6, 6.07) is 15.4. The predicted octanol–water partition coefficient (Wildman–Crippen LogP) is 3.86. The fourth-order valence-corrected chi connectivity index (χ4v) is 3.97. The third-order valence-corrected chi connectivity index (χ3v) is 5.15. The molecule has 0 N–H and O–H groups in total. The van der Waals surface area contributed by atoms with E-state index in [9.17, 15) is 4.79 Å². The molecule has 4 nitrogen and oxygen atoms in total. The highest BCUT2D eigenvalue weighted by molar-refractivity contribution is 6.30. The number of methoxy groups -OCH3 is 1. The van der Waals surface area contributed by atoms with E-state index in [-0.39, 0.29) is 18.1 Å². The van der Waals surface area contributed by atoms with E-state index in [1.807, 2.05) is 53.4 Å². The Bertz CT molecular complexity index is 762. The first-order chi connectivity index (χ1) is 11.7. The van der Waals surface area contributed by atoms with E-state index in [0.717, 1.165) is 36.4 Å². The molecule has 0 aliphatic carbocycles. The maximum Gasteiger partial charge on any atom is 0.246 e. The Morgan fingerprint density at radius 1 is 1.12 bits per heavy atom. The number of hydrogen-bond donors (Lipinski definition) is 0. The fraction of sp³-hybridized carbons (Fsp3) is 0.316. The molecule has 2 aliphatic rings. The molecule has 2 heterocycles. The minimum Gasteiger partial charge on any atom is -0.496 e. The van der Waals surface area contributed by atoms with Gasteiger partial charge in [-0.05, 0) is 43.2 Å². The molecule has 24 heavy (non-hydrogen) atoms. The van der Waals surface area contributed by atoms with E-state index in [1.165, 1.54) is 0 Å². The van der Waals surface area contributed by atoms with E-state index < -0.39 is 0 Å². The van der Waals surface area contributed by atoms with Crippen molar-refractivity contribution < 1.29 is 9.53 Å². The molecule has 2 saturated heterocycles. The Labute approximate surface area is 146 Å². The zero-order chi connectivity index (χ0) is 16.7. The number of fused-ring (bicyclic) bond motifs is 1. The lowest BCUT2D eigenvalue weighted by molar-refractivity contribution is -0.119. The molecule has 0 radical (unpaired) electrons. The van der Waals surface area contributed by atoms with E-state index >= 15 is 0 Å². The molecule has 2 aromatic rings. The smallest absolute Gasteiger partial charge is 0.246 e. The van der Waals surface area contributed by atoms with Gasteiger partial charge in [-0.2, -0.15) is 0 Å². The zero-order valence-electron chi connectivity index (χ0n) is 13.5. The van der Waals surface area contributed by atoms with Crippen LogP contribution in [0, 0.1) is 0 Å². The van der Waals surface area contributed by atoms with Crippen LogP contribution in [0.1, 0.15) is 24.6 Å². The average molecular weight is 343 g/mol. The Kier molecular flexibility index (Phi) is 3.94.